The molecule has 2 aromatic heterocycles. The fourth-order valence-corrected chi connectivity index (χ4v) is 5.54. The molecule has 2 heterocycles. The van der Waals surface area contributed by atoms with E-state index in [4.69, 9.17) is 14.2 Å². The van der Waals surface area contributed by atoms with Gasteiger partial charge in [0.25, 0.3) is 10.0 Å². The topological polar surface area (TPSA) is 87.1 Å². The van der Waals surface area contributed by atoms with Crippen molar-refractivity contribution in [3.8, 4) is 0 Å². The van der Waals surface area contributed by atoms with Gasteiger partial charge in [-0.15, -0.1) is 11.3 Å². The summed E-state index contributed by atoms with van der Waals surface area (Å²) in [6.07, 6.45) is 0. The molecule has 3 aromatic rings. The van der Waals surface area contributed by atoms with Gasteiger partial charge in [0.05, 0.1) is 17.8 Å². The van der Waals surface area contributed by atoms with E-state index in [0.29, 0.717) is 16.6 Å². The Morgan fingerprint density at radius 2 is 1.97 bits per heavy atom. The lowest BCUT2D eigenvalue weighted by Gasteiger charge is -2.24. The molecule has 1 aromatic carbocycles. The Balaban J connectivity index is 2.25. The van der Waals surface area contributed by atoms with E-state index >= 15 is 0 Å². The van der Waals surface area contributed by atoms with Gasteiger partial charge in [-0.2, -0.15) is 0 Å². The lowest BCUT2D eigenvalue weighted by atomic mass is 10.2. The van der Waals surface area contributed by atoms with Crippen LogP contribution in [-0.4, -0.2) is 46.5 Å². The summed E-state index contributed by atoms with van der Waals surface area (Å²) in [7, 11) is -0.936. The number of esters is 1. The lowest BCUT2D eigenvalue weighted by molar-refractivity contribution is 0.0496. The number of carbonyl (C=O) groups excluding carboxylic acids is 1. The van der Waals surface area contributed by atoms with E-state index in [1.54, 1.807) is 53.3 Å². The van der Waals surface area contributed by atoms with Crippen molar-refractivity contribution in [2.45, 2.75) is 17.9 Å². The van der Waals surface area contributed by atoms with Gasteiger partial charge in [-0.3, -0.25) is 0 Å². The molecule has 156 valence electrons. The van der Waals surface area contributed by atoms with Crippen molar-refractivity contribution in [2.24, 2.45) is 0 Å². The highest BCUT2D eigenvalue weighted by molar-refractivity contribution is 7.94. The average molecular weight is 439 g/mol. The first-order chi connectivity index (χ1) is 14.0. The molecular formula is C19H22N2O6S2. The molecule has 29 heavy (non-hydrogen) atoms. The van der Waals surface area contributed by atoms with Crippen molar-refractivity contribution in [3.05, 3.63) is 47.5 Å². The first-order valence-electron chi connectivity index (χ1n) is 8.79. The summed E-state index contributed by atoms with van der Waals surface area (Å²) in [5.74, 6) is -0.508. The maximum atomic E-state index is 13.3. The average Bonchev–Trinajstić information content (AvgIpc) is 3.35. The van der Waals surface area contributed by atoms with Gasteiger partial charge >= 0.3 is 5.97 Å². The zero-order valence-corrected chi connectivity index (χ0v) is 18.0. The minimum absolute atomic E-state index is 0.0501. The van der Waals surface area contributed by atoms with Crippen molar-refractivity contribution in [1.82, 2.24) is 4.57 Å². The van der Waals surface area contributed by atoms with Crippen LogP contribution < -0.4 is 4.31 Å². The number of ether oxygens (including phenoxy) is 3. The second-order valence-corrected chi connectivity index (χ2v) is 9.05. The Bertz CT molecular complexity index is 1090. The van der Waals surface area contributed by atoms with Crippen LogP contribution in [-0.2, 0) is 31.0 Å². The fraction of sp³-hybridized carbons (Fsp3) is 0.316. The molecule has 0 saturated heterocycles. The third-order valence-electron chi connectivity index (χ3n) is 4.20. The number of nitrogens with zero attached hydrogens (tertiary/aromatic N) is 2. The number of sulfonamides is 1. The SMILES string of the molecule is CCOC(=O)c1cc2cccc(N(COC)S(=O)(=O)c3cccs3)c2n1COC. The Morgan fingerprint density at radius 3 is 2.59 bits per heavy atom. The molecule has 8 nitrogen and oxygen atoms in total. The van der Waals surface area contributed by atoms with Gasteiger partial charge in [-0.1, -0.05) is 18.2 Å². The molecule has 0 radical (unpaired) electrons. The standard InChI is InChI=1S/C19H22N2O6S2/c1-4-27-19(22)16-11-14-7-5-8-15(18(14)20(16)12-25-2)21(13-26-3)29(23,24)17-9-6-10-28-17/h5-11H,4,12-13H2,1-3H3. The number of anilines is 1. The van der Waals surface area contributed by atoms with Crippen LogP contribution in [0.2, 0.25) is 0 Å². The number of hydrogen-bond acceptors (Lipinski definition) is 7. The van der Waals surface area contributed by atoms with Crippen molar-refractivity contribution in [1.29, 1.82) is 0 Å². The largest absolute Gasteiger partial charge is 0.461 e. The number of methoxy groups -OCH3 is 2. The summed E-state index contributed by atoms with van der Waals surface area (Å²) in [4.78, 5) is 12.4. The van der Waals surface area contributed by atoms with Crippen LogP contribution in [0.15, 0.2) is 46.0 Å². The van der Waals surface area contributed by atoms with E-state index in [1.807, 2.05) is 0 Å². The van der Waals surface area contributed by atoms with Gasteiger partial charge in [0.1, 0.15) is 23.4 Å². The number of fused-ring (bicyclic) bond motifs is 1. The van der Waals surface area contributed by atoms with Crippen molar-refractivity contribution in [2.75, 3.05) is 31.9 Å². The van der Waals surface area contributed by atoms with Gasteiger partial charge in [-0.25, -0.2) is 17.5 Å². The number of carbonyl (C=O) groups is 1. The van der Waals surface area contributed by atoms with E-state index in [-0.39, 0.29) is 30.0 Å². The highest BCUT2D eigenvalue weighted by Gasteiger charge is 2.29. The third kappa shape index (κ3) is 4.01. The van der Waals surface area contributed by atoms with Crippen LogP contribution in [0.1, 0.15) is 17.4 Å². The minimum atomic E-state index is -3.86. The van der Waals surface area contributed by atoms with Crippen LogP contribution in [0.4, 0.5) is 5.69 Å². The second kappa shape index (κ2) is 8.95. The minimum Gasteiger partial charge on any atom is -0.461 e. The zero-order valence-electron chi connectivity index (χ0n) is 16.3. The molecule has 0 N–H and O–H groups in total. The number of para-hydroxylation sites is 1. The Labute approximate surface area is 173 Å². The molecule has 0 aliphatic heterocycles. The summed E-state index contributed by atoms with van der Waals surface area (Å²) >= 11 is 1.12. The van der Waals surface area contributed by atoms with E-state index in [0.717, 1.165) is 11.3 Å². The third-order valence-corrected chi connectivity index (χ3v) is 7.31. The molecule has 0 unspecified atom stereocenters. The molecular weight excluding hydrogens is 416 g/mol. The normalized spacial score (nSPS) is 11.7. The molecule has 0 saturated carbocycles. The molecule has 0 fully saturated rings. The van der Waals surface area contributed by atoms with Crippen LogP contribution >= 0.6 is 11.3 Å². The summed E-state index contributed by atoms with van der Waals surface area (Å²) in [6.45, 7) is 1.81. The molecule has 0 aliphatic rings. The number of thiophene rings is 1. The Morgan fingerprint density at radius 1 is 1.17 bits per heavy atom. The van der Waals surface area contributed by atoms with Crippen molar-refractivity contribution < 1.29 is 27.4 Å². The van der Waals surface area contributed by atoms with Crippen LogP contribution in [0, 0.1) is 0 Å². The Kier molecular flexibility index (Phi) is 6.58. The quantitative estimate of drug-likeness (QED) is 0.376. The highest BCUT2D eigenvalue weighted by atomic mass is 32.2. The smallest absolute Gasteiger partial charge is 0.355 e. The summed E-state index contributed by atoms with van der Waals surface area (Å²) in [5, 5.41) is 2.38. The van der Waals surface area contributed by atoms with Crippen molar-refractivity contribution in [3.63, 3.8) is 0 Å². The predicted octanol–water partition coefficient (Wildman–Crippen LogP) is 3.28. The first kappa shape index (κ1) is 21.3. The summed E-state index contributed by atoms with van der Waals surface area (Å²) in [5.41, 5.74) is 1.20. The zero-order chi connectivity index (χ0) is 21.0. The van der Waals surface area contributed by atoms with Gasteiger partial charge in [0.2, 0.25) is 0 Å². The highest BCUT2D eigenvalue weighted by Crippen LogP contribution is 2.34. The molecule has 3 rings (SSSR count). The maximum Gasteiger partial charge on any atom is 0.355 e. The van der Waals surface area contributed by atoms with E-state index in [2.05, 4.69) is 0 Å². The van der Waals surface area contributed by atoms with E-state index in [1.165, 1.54) is 18.5 Å². The van der Waals surface area contributed by atoms with Crippen molar-refractivity contribution >= 4 is 43.9 Å². The summed E-state index contributed by atoms with van der Waals surface area (Å²) in [6, 6.07) is 10.1. The molecule has 0 amide bonds. The number of hydrogen-bond donors (Lipinski definition) is 0. The number of benzene rings is 1. The monoisotopic (exact) mass is 438 g/mol. The summed E-state index contributed by atoms with van der Waals surface area (Å²) < 4.78 is 45.1. The molecule has 10 heteroatoms. The number of aromatic nitrogens is 1. The first-order valence-corrected chi connectivity index (χ1v) is 11.1. The molecule has 0 aliphatic carbocycles. The molecule has 0 atom stereocenters. The fourth-order valence-electron chi connectivity index (χ4n) is 3.05. The number of rotatable bonds is 9. The lowest BCUT2D eigenvalue weighted by Crippen LogP contribution is -2.33. The van der Waals surface area contributed by atoms with Crippen LogP contribution in [0.3, 0.4) is 0 Å². The predicted molar refractivity (Wildman–Crippen MR) is 111 cm³/mol. The van der Waals surface area contributed by atoms with Gasteiger partial charge in [0, 0.05) is 19.6 Å². The Hall–Kier alpha value is -2.40. The van der Waals surface area contributed by atoms with Crippen LogP contribution in [0.25, 0.3) is 10.9 Å². The molecule has 0 spiro atoms. The second-order valence-electron chi connectivity index (χ2n) is 6.01. The van der Waals surface area contributed by atoms with Gasteiger partial charge in [-0.05, 0) is 30.5 Å². The van der Waals surface area contributed by atoms with Crippen LogP contribution in [0.5, 0.6) is 0 Å². The van der Waals surface area contributed by atoms with Gasteiger partial charge < -0.3 is 18.8 Å². The molecule has 0 bridgehead atoms. The van der Waals surface area contributed by atoms with E-state index < -0.39 is 16.0 Å². The maximum absolute atomic E-state index is 13.3. The van der Waals surface area contributed by atoms with Gasteiger partial charge in [0.15, 0.2) is 0 Å². The van der Waals surface area contributed by atoms with E-state index in [9.17, 15) is 13.2 Å².